The number of phenols is 1. The van der Waals surface area contributed by atoms with Crippen molar-refractivity contribution in [1.82, 2.24) is 5.43 Å². The molecule has 2 aromatic carbocycles. The van der Waals surface area contributed by atoms with Gasteiger partial charge in [0.15, 0.2) is 11.5 Å². The second-order valence-corrected chi connectivity index (χ2v) is 6.05. The first-order valence-corrected chi connectivity index (χ1v) is 8.25. The number of fused-ring (bicyclic) bond motifs is 1. The number of hydrazone groups is 1. The topological polar surface area (TPSA) is 109 Å². The predicted octanol–water partition coefficient (Wildman–Crippen LogP) is 2.56. The first kappa shape index (κ1) is 18.2. The average molecular weight is 369 g/mol. The van der Waals surface area contributed by atoms with Gasteiger partial charge in [0, 0.05) is 17.5 Å². The van der Waals surface area contributed by atoms with Crippen LogP contribution in [0.2, 0.25) is 0 Å². The fraction of sp³-hybridized carbons (Fsp3) is 0.211. The van der Waals surface area contributed by atoms with Gasteiger partial charge in [0.25, 0.3) is 5.91 Å². The highest BCUT2D eigenvalue weighted by molar-refractivity contribution is 6.06. The zero-order valence-corrected chi connectivity index (χ0v) is 14.9. The van der Waals surface area contributed by atoms with Gasteiger partial charge in [-0.25, -0.2) is 5.43 Å². The number of carbonyl (C=O) groups is 2. The van der Waals surface area contributed by atoms with Crippen LogP contribution in [0.5, 0.6) is 17.2 Å². The van der Waals surface area contributed by atoms with Crippen LogP contribution < -0.4 is 20.2 Å². The smallest absolute Gasteiger partial charge is 0.275 e. The number of para-hydroxylation sites is 1. The van der Waals surface area contributed by atoms with Crippen LogP contribution in [0.1, 0.15) is 29.3 Å². The molecular formula is C19H19N3O5. The van der Waals surface area contributed by atoms with E-state index in [-0.39, 0.29) is 30.4 Å². The van der Waals surface area contributed by atoms with Gasteiger partial charge in [-0.3, -0.25) is 9.59 Å². The molecule has 0 fully saturated rings. The summed E-state index contributed by atoms with van der Waals surface area (Å²) in [7, 11) is 0. The molecule has 0 bridgehead atoms. The van der Waals surface area contributed by atoms with E-state index in [2.05, 4.69) is 15.8 Å². The van der Waals surface area contributed by atoms with Crippen molar-refractivity contribution in [1.29, 1.82) is 0 Å². The Morgan fingerprint density at radius 1 is 1.19 bits per heavy atom. The number of rotatable bonds is 5. The Bertz CT molecular complexity index is 924. The van der Waals surface area contributed by atoms with Crippen molar-refractivity contribution in [3.05, 3.63) is 47.5 Å². The van der Waals surface area contributed by atoms with Crippen LogP contribution in [0.15, 0.2) is 41.5 Å². The minimum Gasteiger partial charge on any atom is -0.507 e. The third-order valence-electron chi connectivity index (χ3n) is 3.90. The molecule has 1 aliphatic rings. The van der Waals surface area contributed by atoms with Crippen LogP contribution in [-0.4, -0.2) is 29.4 Å². The van der Waals surface area contributed by atoms with Crippen LogP contribution >= 0.6 is 0 Å². The number of carbonyl (C=O) groups excluding carboxylic acids is 2. The standard InChI is InChI=1S/C19H19N3O5/c1-11-4-3-5-14(18(11)24)19(25)22-21-12(2)8-17(23)20-13-6-7-15-16(9-13)27-10-26-15/h3-7,9,24H,8,10H2,1-2H3,(H,20,23)(H,22,25)/b21-12+. The lowest BCUT2D eigenvalue weighted by atomic mass is 10.1. The van der Waals surface area contributed by atoms with E-state index in [9.17, 15) is 14.7 Å². The van der Waals surface area contributed by atoms with Crippen molar-refractivity contribution < 1.29 is 24.2 Å². The predicted molar refractivity (Wildman–Crippen MR) is 99.2 cm³/mol. The van der Waals surface area contributed by atoms with Gasteiger partial charge in [0.2, 0.25) is 12.7 Å². The SMILES string of the molecule is C/C(CC(=O)Nc1ccc2c(c1)OCO2)=N\NC(=O)c1cccc(C)c1O. The average Bonchev–Trinajstić information content (AvgIpc) is 3.09. The third kappa shape index (κ3) is 4.35. The zero-order valence-electron chi connectivity index (χ0n) is 14.9. The van der Waals surface area contributed by atoms with Gasteiger partial charge < -0.3 is 19.9 Å². The van der Waals surface area contributed by atoms with E-state index in [4.69, 9.17) is 9.47 Å². The van der Waals surface area contributed by atoms with E-state index >= 15 is 0 Å². The number of aryl methyl sites for hydroxylation is 1. The molecule has 1 heterocycles. The Hall–Kier alpha value is -3.55. The summed E-state index contributed by atoms with van der Waals surface area (Å²) < 4.78 is 10.5. The fourth-order valence-corrected chi connectivity index (χ4v) is 2.50. The normalized spacial score (nSPS) is 12.6. The van der Waals surface area contributed by atoms with Crippen molar-refractivity contribution >= 4 is 23.2 Å². The molecule has 2 aromatic rings. The maximum Gasteiger partial charge on any atom is 0.275 e. The summed E-state index contributed by atoms with van der Waals surface area (Å²) in [5, 5.41) is 16.6. The molecule has 0 saturated heterocycles. The van der Waals surface area contributed by atoms with Gasteiger partial charge in [0.1, 0.15) is 5.75 Å². The van der Waals surface area contributed by atoms with Gasteiger partial charge in [0.05, 0.1) is 12.0 Å². The Labute approximate surface area is 155 Å². The molecule has 140 valence electrons. The summed E-state index contributed by atoms with van der Waals surface area (Å²) in [6.07, 6.45) is -0.00544. The number of benzene rings is 2. The van der Waals surface area contributed by atoms with Crippen LogP contribution in [-0.2, 0) is 4.79 Å². The molecule has 3 rings (SSSR count). The molecule has 27 heavy (non-hydrogen) atoms. The quantitative estimate of drug-likeness (QED) is 0.554. The Balaban J connectivity index is 1.56. The Morgan fingerprint density at radius 3 is 2.78 bits per heavy atom. The first-order chi connectivity index (χ1) is 12.9. The Kier molecular flexibility index (Phi) is 5.25. The molecular weight excluding hydrogens is 350 g/mol. The molecule has 2 amide bonds. The summed E-state index contributed by atoms with van der Waals surface area (Å²) in [6, 6.07) is 9.96. The van der Waals surface area contributed by atoms with Gasteiger partial charge in [-0.1, -0.05) is 12.1 Å². The third-order valence-corrected chi connectivity index (χ3v) is 3.90. The Morgan fingerprint density at radius 2 is 1.96 bits per heavy atom. The number of anilines is 1. The molecule has 0 spiro atoms. The van der Waals surface area contributed by atoms with E-state index in [0.29, 0.717) is 28.5 Å². The number of nitrogens with one attached hydrogen (secondary N) is 2. The van der Waals surface area contributed by atoms with Crippen molar-refractivity contribution in [2.75, 3.05) is 12.1 Å². The van der Waals surface area contributed by atoms with Gasteiger partial charge in [-0.05, 0) is 37.6 Å². The lowest BCUT2D eigenvalue weighted by molar-refractivity contribution is -0.115. The van der Waals surface area contributed by atoms with Gasteiger partial charge in [-0.2, -0.15) is 5.10 Å². The molecule has 8 nitrogen and oxygen atoms in total. The van der Waals surface area contributed by atoms with Gasteiger partial charge >= 0.3 is 0 Å². The second kappa shape index (κ2) is 7.77. The number of phenolic OH excluding ortho intramolecular Hbond substituents is 1. The van der Waals surface area contributed by atoms with Crippen molar-refractivity contribution in [2.24, 2.45) is 5.10 Å². The fourth-order valence-electron chi connectivity index (χ4n) is 2.50. The van der Waals surface area contributed by atoms with E-state index in [1.54, 1.807) is 44.2 Å². The molecule has 0 atom stereocenters. The maximum absolute atomic E-state index is 12.1. The second-order valence-electron chi connectivity index (χ2n) is 6.05. The first-order valence-electron chi connectivity index (χ1n) is 8.25. The number of hydrogen-bond acceptors (Lipinski definition) is 6. The van der Waals surface area contributed by atoms with Crippen LogP contribution in [0.3, 0.4) is 0 Å². The highest BCUT2D eigenvalue weighted by atomic mass is 16.7. The molecule has 0 saturated carbocycles. The van der Waals surface area contributed by atoms with E-state index < -0.39 is 5.91 Å². The van der Waals surface area contributed by atoms with E-state index in [1.807, 2.05) is 0 Å². The minimum absolute atomic E-state index is 0.00544. The summed E-state index contributed by atoms with van der Waals surface area (Å²) in [6.45, 7) is 3.48. The minimum atomic E-state index is -0.549. The van der Waals surface area contributed by atoms with Crippen LogP contribution in [0.25, 0.3) is 0 Å². The van der Waals surface area contributed by atoms with E-state index in [0.717, 1.165) is 0 Å². The van der Waals surface area contributed by atoms with Crippen LogP contribution in [0, 0.1) is 6.92 Å². The summed E-state index contributed by atoms with van der Waals surface area (Å²) in [4.78, 5) is 24.2. The van der Waals surface area contributed by atoms with Crippen molar-refractivity contribution in [2.45, 2.75) is 20.3 Å². The lowest BCUT2D eigenvalue weighted by Gasteiger charge is -2.07. The highest BCUT2D eigenvalue weighted by Gasteiger charge is 2.15. The summed E-state index contributed by atoms with van der Waals surface area (Å²) in [5.41, 5.74) is 4.04. The number of nitrogens with zero attached hydrogens (tertiary/aromatic N) is 1. The van der Waals surface area contributed by atoms with Gasteiger partial charge in [-0.15, -0.1) is 0 Å². The van der Waals surface area contributed by atoms with Crippen LogP contribution in [0.4, 0.5) is 5.69 Å². The molecule has 0 unspecified atom stereocenters. The number of hydrogen-bond donors (Lipinski definition) is 3. The highest BCUT2D eigenvalue weighted by Crippen LogP contribution is 2.34. The zero-order chi connectivity index (χ0) is 19.4. The summed E-state index contributed by atoms with van der Waals surface area (Å²) >= 11 is 0. The number of amides is 2. The molecule has 0 aliphatic carbocycles. The van der Waals surface area contributed by atoms with Crippen molar-refractivity contribution in [3.63, 3.8) is 0 Å². The molecule has 8 heteroatoms. The monoisotopic (exact) mass is 369 g/mol. The largest absolute Gasteiger partial charge is 0.507 e. The molecule has 1 aliphatic heterocycles. The summed E-state index contributed by atoms with van der Waals surface area (Å²) in [5.74, 6) is 0.272. The van der Waals surface area contributed by atoms with Crippen molar-refractivity contribution in [3.8, 4) is 17.2 Å². The molecule has 0 radical (unpaired) electrons. The number of ether oxygens (including phenoxy) is 2. The maximum atomic E-state index is 12.1. The molecule has 0 aromatic heterocycles. The number of aromatic hydroxyl groups is 1. The lowest BCUT2D eigenvalue weighted by Crippen LogP contribution is -2.21. The molecule has 3 N–H and O–H groups in total. The van der Waals surface area contributed by atoms with E-state index in [1.165, 1.54) is 6.07 Å².